The predicted molar refractivity (Wildman–Crippen MR) is 93.4 cm³/mol. The number of hydrogen-bond donors (Lipinski definition) is 1. The van der Waals surface area contributed by atoms with E-state index in [-0.39, 0.29) is 0 Å². The summed E-state index contributed by atoms with van der Waals surface area (Å²) in [7, 11) is 0. The zero-order chi connectivity index (χ0) is 16.2. The first-order chi connectivity index (χ1) is 11.2. The average Bonchev–Trinajstić information content (AvgIpc) is 2.87. The fourth-order valence-electron chi connectivity index (χ4n) is 2.64. The molecule has 1 aromatic heterocycles. The maximum Gasteiger partial charge on any atom is 0.121 e. The molecule has 0 fully saturated rings. The van der Waals surface area contributed by atoms with Crippen molar-refractivity contribution in [3.63, 3.8) is 0 Å². The second-order valence-corrected chi connectivity index (χ2v) is 5.32. The van der Waals surface area contributed by atoms with E-state index in [4.69, 9.17) is 21.9 Å². The van der Waals surface area contributed by atoms with E-state index in [1.165, 1.54) is 0 Å². The standard InChI is InChI=1S/C19H19N3O/c1-3-11-22-18-10-9-16(23-4-2)13-17(18)21-19(22)12-14-5-7-15(20)8-6-14/h1,5-10,13H,4,11-12,20H2,2H3. The van der Waals surface area contributed by atoms with Gasteiger partial charge in [0.15, 0.2) is 0 Å². The van der Waals surface area contributed by atoms with Crippen LogP contribution in [0.4, 0.5) is 5.69 Å². The molecule has 0 saturated carbocycles. The third kappa shape index (κ3) is 3.14. The SMILES string of the molecule is C#CCn1c(Cc2ccc(N)cc2)nc2cc(OCC)ccc21. The molecule has 0 aliphatic carbocycles. The van der Waals surface area contributed by atoms with Crippen molar-refractivity contribution in [2.45, 2.75) is 19.9 Å². The molecule has 3 aromatic rings. The molecule has 0 saturated heterocycles. The number of anilines is 1. The Morgan fingerprint density at radius 1 is 1.22 bits per heavy atom. The molecule has 0 bridgehead atoms. The topological polar surface area (TPSA) is 53.1 Å². The quantitative estimate of drug-likeness (QED) is 0.581. The predicted octanol–water partition coefficient (Wildman–Crippen LogP) is 3.24. The lowest BCUT2D eigenvalue weighted by Gasteiger charge is -2.06. The van der Waals surface area contributed by atoms with Crippen molar-refractivity contribution in [1.29, 1.82) is 0 Å². The number of nitrogen functional groups attached to an aromatic ring is 1. The van der Waals surface area contributed by atoms with Crippen molar-refractivity contribution in [1.82, 2.24) is 9.55 Å². The molecule has 4 nitrogen and oxygen atoms in total. The molecule has 2 N–H and O–H groups in total. The number of benzene rings is 2. The molecule has 0 unspecified atom stereocenters. The number of ether oxygens (including phenoxy) is 1. The average molecular weight is 305 g/mol. The maximum atomic E-state index is 5.74. The van der Waals surface area contributed by atoms with E-state index < -0.39 is 0 Å². The van der Waals surface area contributed by atoms with Crippen LogP contribution in [-0.2, 0) is 13.0 Å². The molecular weight excluding hydrogens is 286 g/mol. The first-order valence-electron chi connectivity index (χ1n) is 7.61. The molecular formula is C19H19N3O. The van der Waals surface area contributed by atoms with Crippen molar-refractivity contribution >= 4 is 16.7 Å². The third-order valence-corrected chi connectivity index (χ3v) is 3.70. The highest BCUT2D eigenvalue weighted by Crippen LogP contribution is 2.23. The highest BCUT2D eigenvalue weighted by molar-refractivity contribution is 5.78. The molecule has 0 atom stereocenters. The number of rotatable bonds is 5. The van der Waals surface area contributed by atoms with Crippen LogP contribution in [0, 0.1) is 12.3 Å². The highest BCUT2D eigenvalue weighted by Gasteiger charge is 2.11. The number of imidazole rings is 1. The summed E-state index contributed by atoms with van der Waals surface area (Å²) in [4.78, 5) is 4.75. The van der Waals surface area contributed by atoms with Crippen molar-refractivity contribution in [3.8, 4) is 18.1 Å². The Morgan fingerprint density at radius 2 is 2.00 bits per heavy atom. The molecule has 0 aliphatic rings. The van der Waals surface area contributed by atoms with Gasteiger partial charge >= 0.3 is 0 Å². The van der Waals surface area contributed by atoms with Crippen molar-refractivity contribution in [2.24, 2.45) is 0 Å². The van der Waals surface area contributed by atoms with Gasteiger partial charge in [-0.2, -0.15) is 0 Å². The first kappa shape index (κ1) is 15.0. The van der Waals surface area contributed by atoms with E-state index in [0.29, 0.717) is 19.6 Å². The number of hydrogen-bond acceptors (Lipinski definition) is 3. The minimum absolute atomic E-state index is 0.495. The Labute approximate surface area is 135 Å². The second kappa shape index (κ2) is 6.45. The molecule has 0 spiro atoms. The summed E-state index contributed by atoms with van der Waals surface area (Å²) < 4.78 is 7.62. The normalized spacial score (nSPS) is 10.6. The van der Waals surface area contributed by atoms with Crippen LogP contribution in [0.15, 0.2) is 42.5 Å². The van der Waals surface area contributed by atoms with E-state index in [1.54, 1.807) is 0 Å². The van der Waals surface area contributed by atoms with Crippen molar-refractivity contribution in [3.05, 3.63) is 53.9 Å². The second-order valence-electron chi connectivity index (χ2n) is 5.32. The lowest BCUT2D eigenvalue weighted by Crippen LogP contribution is -2.03. The Kier molecular flexibility index (Phi) is 4.20. The van der Waals surface area contributed by atoms with Crippen LogP contribution in [0.25, 0.3) is 11.0 Å². The number of nitrogens with zero attached hydrogens (tertiary/aromatic N) is 2. The zero-order valence-corrected chi connectivity index (χ0v) is 13.1. The van der Waals surface area contributed by atoms with E-state index >= 15 is 0 Å². The van der Waals surface area contributed by atoms with Gasteiger partial charge in [-0.05, 0) is 36.8 Å². The van der Waals surface area contributed by atoms with E-state index in [2.05, 4.69) is 10.5 Å². The minimum atomic E-state index is 0.495. The fourth-order valence-corrected chi connectivity index (χ4v) is 2.64. The summed E-state index contributed by atoms with van der Waals surface area (Å²) in [5, 5.41) is 0. The van der Waals surface area contributed by atoms with Crippen LogP contribution in [0.5, 0.6) is 5.75 Å². The summed E-state index contributed by atoms with van der Waals surface area (Å²) in [6.07, 6.45) is 6.24. The van der Waals surface area contributed by atoms with Gasteiger partial charge in [0, 0.05) is 18.2 Å². The van der Waals surface area contributed by atoms with Crippen LogP contribution in [0.3, 0.4) is 0 Å². The number of fused-ring (bicyclic) bond motifs is 1. The van der Waals surface area contributed by atoms with Gasteiger partial charge in [-0.25, -0.2) is 4.98 Å². The summed E-state index contributed by atoms with van der Waals surface area (Å²) in [5.74, 6) is 4.47. The van der Waals surface area contributed by atoms with Gasteiger partial charge in [-0.15, -0.1) is 6.42 Å². The van der Waals surface area contributed by atoms with Crippen LogP contribution < -0.4 is 10.5 Å². The van der Waals surface area contributed by atoms with Gasteiger partial charge in [0.25, 0.3) is 0 Å². The summed E-state index contributed by atoms with van der Waals surface area (Å²) in [6, 6.07) is 13.7. The van der Waals surface area contributed by atoms with E-state index in [0.717, 1.165) is 33.9 Å². The highest BCUT2D eigenvalue weighted by atomic mass is 16.5. The number of nitrogens with two attached hydrogens (primary N) is 1. The monoisotopic (exact) mass is 305 g/mol. The summed E-state index contributed by atoms with van der Waals surface area (Å²) in [5.41, 5.74) is 9.57. The van der Waals surface area contributed by atoms with Gasteiger partial charge < -0.3 is 15.0 Å². The number of terminal acetylenes is 1. The molecule has 1 heterocycles. The maximum absolute atomic E-state index is 5.74. The van der Waals surface area contributed by atoms with Gasteiger partial charge in [-0.3, -0.25) is 0 Å². The van der Waals surface area contributed by atoms with Crippen LogP contribution in [-0.4, -0.2) is 16.2 Å². The minimum Gasteiger partial charge on any atom is -0.494 e. The largest absolute Gasteiger partial charge is 0.494 e. The summed E-state index contributed by atoms with van der Waals surface area (Å²) >= 11 is 0. The van der Waals surface area contributed by atoms with Gasteiger partial charge in [0.2, 0.25) is 0 Å². The van der Waals surface area contributed by atoms with Gasteiger partial charge in [0.05, 0.1) is 24.2 Å². The van der Waals surface area contributed by atoms with Crippen LogP contribution >= 0.6 is 0 Å². The molecule has 3 rings (SSSR count). The van der Waals surface area contributed by atoms with Crippen molar-refractivity contribution in [2.75, 3.05) is 12.3 Å². The molecule has 23 heavy (non-hydrogen) atoms. The van der Waals surface area contributed by atoms with Gasteiger partial charge in [-0.1, -0.05) is 18.1 Å². The molecule has 4 heteroatoms. The fraction of sp³-hybridized carbons (Fsp3) is 0.211. The Bertz CT molecular complexity index is 857. The smallest absolute Gasteiger partial charge is 0.121 e. The zero-order valence-electron chi connectivity index (χ0n) is 13.1. The molecule has 0 amide bonds. The molecule has 2 aromatic carbocycles. The molecule has 0 radical (unpaired) electrons. The Morgan fingerprint density at radius 3 is 2.70 bits per heavy atom. The van der Waals surface area contributed by atoms with E-state index in [9.17, 15) is 0 Å². The van der Waals surface area contributed by atoms with Crippen molar-refractivity contribution < 1.29 is 4.74 Å². The summed E-state index contributed by atoms with van der Waals surface area (Å²) in [6.45, 7) is 3.09. The Hall–Kier alpha value is -2.93. The molecule has 116 valence electrons. The van der Waals surface area contributed by atoms with E-state index in [1.807, 2.05) is 49.4 Å². The number of aromatic nitrogens is 2. The lowest BCUT2D eigenvalue weighted by molar-refractivity contribution is 0.340. The van der Waals surface area contributed by atoms with Crippen LogP contribution in [0.2, 0.25) is 0 Å². The Balaban J connectivity index is 2.02. The molecule has 0 aliphatic heterocycles. The third-order valence-electron chi connectivity index (χ3n) is 3.70. The van der Waals surface area contributed by atoms with Crippen LogP contribution in [0.1, 0.15) is 18.3 Å². The van der Waals surface area contributed by atoms with Gasteiger partial charge in [0.1, 0.15) is 11.6 Å². The first-order valence-corrected chi connectivity index (χ1v) is 7.61. The lowest BCUT2D eigenvalue weighted by atomic mass is 10.1.